The number of carbonyl (C=O) groups is 1. The molecule has 1 heterocycles. The van der Waals surface area contributed by atoms with E-state index in [1.165, 1.54) is 25.1 Å². The third-order valence-electron chi connectivity index (χ3n) is 3.37. The smallest absolute Gasteiger partial charge is 0.254 e. The van der Waals surface area contributed by atoms with Crippen LogP contribution in [0.15, 0.2) is 18.3 Å². The Morgan fingerprint density at radius 3 is 2.76 bits per heavy atom. The molecule has 2 aliphatic carbocycles. The SMILES string of the molecule is O=C(c1ccnc(F)c1)N(CC1CC1)C1CC1. The van der Waals surface area contributed by atoms with Gasteiger partial charge in [0.2, 0.25) is 5.95 Å². The molecule has 0 aromatic carbocycles. The van der Waals surface area contributed by atoms with Gasteiger partial charge in [-0.1, -0.05) is 0 Å². The van der Waals surface area contributed by atoms with E-state index in [4.69, 9.17) is 0 Å². The van der Waals surface area contributed by atoms with E-state index in [-0.39, 0.29) is 5.91 Å². The highest BCUT2D eigenvalue weighted by molar-refractivity contribution is 5.94. The van der Waals surface area contributed by atoms with Gasteiger partial charge in [0.15, 0.2) is 0 Å². The van der Waals surface area contributed by atoms with E-state index in [2.05, 4.69) is 4.98 Å². The van der Waals surface area contributed by atoms with Crippen molar-refractivity contribution in [3.63, 3.8) is 0 Å². The van der Waals surface area contributed by atoms with E-state index in [0.717, 1.165) is 19.4 Å². The molecular weight excluding hydrogens is 219 g/mol. The van der Waals surface area contributed by atoms with Gasteiger partial charge in [-0.3, -0.25) is 4.79 Å². The Bertz CT molecular complexity index is 441. The van der Waals surface area contributed by atoms with Crippen LogP contribution in [-0.4, -0.2) is 28.4 Å². The molecule has 1 amide bonds. The summed E-state index contributed by atoms with van der Waals surface area (Å²) in [6, 6.07) is 3.21. The number of hydrogen-bond acceptors (Lipinski definition) is 2. The molecule has 1 aromatic heterocycles. The molecular formula is C13H15FN2O. The molecule has 2 fully saturated rings. The van der Waals surface area contributed by atoms with Crippen molar-refractivity contribution in [2.45, 2.75) is 31.7 Å². The molecule has 0 aliphatic heterocycles. The first-order chi connectivity index (χ1) is 8.24. The van der Waals surface area contributed by atoms with Gasteiger partial charge in [0, 0.05) is 30.4 Å². The second-order valence-electron chi connectivity index (χ2n) is 5.00. The fraction of sp³-hybridized carbons (Fsp3) is 0.538. The lowest BCUT2D eigenvalue weighted by molar-refractivity contribution is 0.0734. The number of nitrogens with zero attached hydrogens (tertiary/aromatic N) is 2. The summed E-state index contributed by atoms with van der Waals surface area (Å²) in [6.07, 6.45) is 5.98. The molecule has 0 spiro atoms. The standard InChI is InChI=1S/C13H15FN2O/c14-12-7-10(5-6-15-12)13(17)16(11-3-4-11)8-9-1-2-9/h5-7,9,11H,1-4,8H2. The molecule has 3 nitrogen and oxygen atoms in total. The highest BCUT2D eigenvalue weighted by Gasteiger charge is 2.36. The molecule has 17 heavy (non-hydrogen) atoms. The van der Waals surface area contributed by atoms with Crippen molar-refractivity contribution in [1.82, 2.24) is 9.88 Å². The lowest BCUT2D eigenvalue weighted by atomic mass is 10.2. The number of hydrogen-bond donors (Lipinski definition) is 0. The van der Waals surface area contributed by atoms with Gasteiger partial charge in [-0.2, -0.15) is 4.39 Å². The lowest BCUT2D eigenvalue weighted by Gasteiger charge is -2.22. The first-order valence-corrected chi connectivity index (χ1v) is 6.16. The van der Waals surface area contributed by atoms with E-state index in [1.807, 2.05) is 4.90 Å². The molecule has 0 unspecified atom stereocenters. The Balaban J connectivity index is 1.77. The van der Waals surface area contributed by atoms with Crippen LogP contribution in [0.2, 0.25) is 0 Å². The fourth-order valence-corrected chi connectivity index (χ4v) is 2.06. The molecule has 0 bridgehead atoms. The zero-order valence-electron chi connectivity index (χ0n) is 9.60. The minimum Gasteiger partial charge on any atom is -0.335 e. The van der Waals surface area contributed by atoms with Gasteiger partial charge in [0.1, 0.15) is 0 Å². The van der Waals surface area contributed by atoms with E-state index < -0.39 is 5.95 Å². The van der Waals surface area contributed by atoms with Crippen LogP contribution in [0.4, 0.5) is 4.39 Å². The van der Waals surface area contributed by atoms with Gasteiger partial charge in [0.25, 0.3) is 5.91 Å². The second-order valence-corrected chi connectivity index (χ2v) is 5.00. The molecule has 0 atom stereocenters. The molecule has 1 aromatic rings. The highest BCUT2D eigenvalue weighted by Crippen LogP contribution is 2.35. The number of halogens is 1. The van der Waals surface area contributed by atoms with Crippen LogP contribution in [-0.2, 0) is 0 Å². The second kappa shape index (κ2) is 4.09. The summed E-state index contributed by atoms with van der Waals surface area (Å²) >= 11 is 0. The average molecular weight is 234 g/mol. The van der Waals surface area contributed by atoms with Crippen molar-refractivity contribution in [1.29, 1.82) is 0 Å². The van der Waals surface area contributed by atoms with Crippen molar-refractivity contribution < 1.29 is 9.18 Å². The Morgan fingerprint density at radius 2 is 2.18 bits per heavy atom. The van der Waals surface area contributed by atoms with E-state index >= 15 is 0 Å². The molecule has 90 valence electrons. The summed E-state index contributed by atoms with van der Waals surface area (Å²) in [4.78, 5) is 17.7. The summed E-state index contributed by atoms with van der Waals surface area (Å²) in [7, 11) is 0. The number of carbonyl (C=O) groups excluding carboxylic acids is 1. The minimum absolute atomic E-state index is 0.0410. The molecule has 2 saturated carbocycles. The maximum Gasteiger partial charge on any atom is 0.254 e. The van der Waals surface area contributed by atoms with Crippen molar-refractivity contribution in [3.8, 4) is 0 Å². The Kier molecular flexibility index (Phi) is 2.57. The van der Waals surface area contributed by atoms with Crippen LogP contribution in [0.5, 0.6) is 0 Å². The summed E-state index contributed by atoms with van der Waals surface area (Å²) < 4.78 is 13.0. The molecule has 0 radical (unpaired) electrons. The molecule has 0 saturated heterocycles. The van der Waals surface area contributed by atoms with E-state index in [0.29, 0.717) is 17.5 Å². The van der Waals surface area contributed by atoms with Crippen molar-refractivity contribution in [2.24, 2.45) is 5.92 Å². The maximum atomic E-state index is 13.0. The average Bonchev–Trinajstić information content (AvgIpc) is 3.16. The third kappa shape index (κ3) is 2.46. The summed E-state index contributed by atoms with van der Waals surface area (Å²) in [5.41, 5.74) is 0.421. The van der Waals surface area contributed by atoms with E-state index in [1.54, 1.807) is 6.07 Å². The largest absolute Gasteiger partial charge is 0.335 e. The fourth-order valence-electron chi connectivity index (χ4n) is 2.06. The van der Waals surface area contributed by atoms with Crippen molar-refractivity contribution in [2.75, 3.05) is 6.54 Å². The Morgan fingerprint density at radius 1 is 1.41 bits per heavy atom. The van der Waals surface area contributed by atoms with Crippen LogP contribution in [0.3, 0.4) is 0 Å². The number of amides is 1. The number of rotatable bonds is 4. The van der Waals surface area contributed by atoms with Gasteiger partial charge < -0.3 is 4.90 Å². The Labute approximate surface area is 99.6 Å². The minimum atomic E-state index is -0.585. The van der Waals surface area contributed by atoms with Gasteiger partial charge in [-0.15, -0.1) is 0 Å². The van der Waals surface area contributed by atoms with Crippen molar-refractivity contribution >= 4 is 5.91 Å². The normalized spacial score (nSPS) is 19.1. The van der Waals surface area contributed by atoms with Crippen LogP contribution >= 0.6 is 0 Å². The quantitative estimate of drug-likeness (QED) is 0.748. The monoisotopic (exact) mass is 234 g/mol. The van der Waals surface area contributed by atoms with Crippen molar-refractivity contribution in [3.05, 3.63) is 29.8 Å². The van der Waals surface area contributed by atoms with Gasteiger partial charge >= 0.3 is 0 Å². The van der Waals surface area contributed by atoms with Gasteiger partial charge in [-0.25, -0.2) is 4.98 Å². The lowest BCUT2D eigenvalue weighted by Crippen LogP contribution is -2.35. The van der Waals surface area contributed by atoms with Crippen LogP contribution in [0.25, 0.3) is 0 Å². The summed E-state index contributed by atoms with van der Waals surface area (Å²) in [5, 5.41) is 0. The van der Waals surface area contributed by atoms with E-state index in [9.17, 15) is 9.18 Å². The molecule has 2 aliphatic rings. The first-order valence-electron chi connectivity index (χ1n) is 6.16. The Hall–Kier alpha value is -1.45. The predicted molar refractivity (Wildman–Crippen MR) is 61.0 cm³/mol. The summed E-state index contributed by atoms with van der Waals surface area (Å²) in [5.74, 6) is 0.0463. The molecule has 0 N–H and O–H groups in total. The highest BCUT2D eigenvalue weighted by atomic mass is 19.1. The first kappa shape index (κ1) is 10.7. The van der Waals surface area contributed by atoms with Gasteiger partial charge in [-0.05, 0) is 37.7 Å². The van der Waals surface area contributed by atoms with Crippen LogP contribution in [0, 0.1) is 11.9 Å². The maximum absolute atomic E-state index is 13.0. The molecule has 3 rings (SSSR count). The number of aromatic nitrogens is 1. The number of pyridine rings is 1. The zero-order valence-corrected chi connectivity index (χ0v) is 9.60. The van der Waals surface area contributed by atoms with Gasteiger partial charge in [0.05, 0.1) is 0 Å². The van der Waals surface area contributed by atoms with Crippen LogP contribution < -0.4 is 0 Å². The van der Waals surface area contributed by atoms with Crippen LogP contribution in [0.1, 0.15) is 36.0 Å². The molecule has 4 heteroatoms. The predicted octanol–water partition coefficient (Wildman–Crippen LogP) is 2.24. The third-order valence-corrected chi connectivity index (χ3v) is 3.37. The zero-order chi connectivity index (χ0) is 11.8. The topological polar surface area (TPSA) is 33.2 Å². The summed E-state index contributed by atoms with van der Waals surface area (Å²) in [6.45, 7) is 0.841.